The number of nitro benzene ring substituents is 1. The highest BCUT2D eigenvalue weighted by Gasteiger charge is 2.20. The Morgan fingerprint density at radius 3 is 1.89 bits per heavy atom. The van der Waals surface area contributed by atoms with Gasteiger partial charge in [-0.1, -0.05) is 78.1 Å². The zero-order valence-corrected chi connectivity index (χ0v) is 27.6. The highest BCUT2D eigenvalue weighted by molar-refractivity contribution is 5.91. The number of rotatable bonds is 22. The summed E-state index contributed by atoms with van der Waals surface area (Å²) in [5.41, 5.74) is 1.28. The molecule has 46 heavy (non-hydrogen) atoms. The molecule has 3 aromatic rings. The van der Waals surface area contributed by atoms with Gasteiger partial charge < -0.3 is 14.2 Å². The van der Waals surface area contributed by atoms with Crippen LogP contribution in [-0.2, 0) is 0 Å². The molecule has 0 bridgehead atoms. The molecule has 9 heteroatoms. The van der Waals surface area contributed by atoms with Gasteiger partial charge in [-0.25, -0.2) is 4.79 Å². The van der Waals surface area contributed by atoms with Crippen molar-refractivity contribution in [2.24, 2.45) is 10.2 Å². The van der Waals surface area contributed by atoms with E-state index < -0.39 is 10.9 Å². The van der Waals surface area contributed by atoms with Gasteiger partial charge in [-0.2, -0.15) is 10.2 Å². The van der Waals surface area contributed by atoms with Gasteiger partial charge >= 0.3 is 11.7 Å². The molecule has 0 saturated carbocycles. The lowest BCUT2D eigenvalue weighted by Gasteiger charge is -2.15. The summed E-state index contributed by atoms with van der Waals surface area (Å²) in [6.45, 7) is 7.00. The third-order valence-corrected chi connectivity index (χ3v) is 7.62. The molecule has 1 atom stereocenters. The van der Waals surface area contributed by atoms with Crippen LogP contribution in [0.4, 0.5) is 17.1 Å². The fourth-order valence-corrected chi connectivity index (χ4v) is 4.92. The quantitative estimate of drug-likeness (QED) is 0.0272. The van der Waals surface area contributed by atoms with E-state index in [4.69, 9.17) is 14.2 Å². The summed E-state index contributed by atoms with van der Waals surface area (Å²) >= 11 is 0. The van der Waals surface area contributed by atoms with E-state index in [1.165, 1.54) is 63.1 Å². The van der Waals surface area contributed by atoms with Crippen LogP contribution < -0.4 is 14.2 Å². The third-order valence-electron chi connectivity index (χ3n) is 7.62. The van der Waals surface area contributed by atoms with Crippen LogP contribution in [-0.4, -0.2) is 23.6 Å². The van der Waals surface area contributed by atoms with Crippen LogP contribution in [0.2, 0.25) is 0 Å². The van der Waals surface area contributed by atoms with Gasteiger partial charge in [0.2, 0.25) is 0 Å². The van der Waals surface area contributed by atoms with Crippen LogP contribution in [0.1, 0.15) is 115 Å². The van der Waals surface area contributed by atoms with E-state index in [1.54, 1.807) is 24.3 Å². The molecular weight excluding hydrogens is 582 g/mol. The number of hydrogen-bond donors (Lipinski definition) is 0. The third kappa shape index (κ3) is 13.4. The summed E-state index contributed by atoms with van der Waals surface area (Å²) in [5, 5.41) is 20.2. The first-order valence-corrected chi connectivity index (χ1v) is 16.8. The van der Waals surface area contributed by atoms with Gasteiger partial charge in [0, 0.05) is 0 Å². The number of carbonyl (C=O) groups is 1. The van der Waals surface area contributed by atoms with Gasteiger partial charge in [0.15, 0.2) is 5.75 Å². The Hall–Kier alpha value is -4.27. The van der Waals surface area contributed by atoms with E-state index in [9.17, 15) is 14.9 Å². The molecule has 3 aromatic carbocycles. The summed E-state index contributed by atoms with van der Waals surface area (Å²) in [6.07, 6.45) is 15.2. The second kappa shape index (κ2) is 20.7. The topological polar surface area (TPSA) is 113 Å². The summed E-state index contributed by atoms with van der Waals surface area (Å²) in [6, 6.07) is 18.1. The van der Waals surface area contributed by atoms with Gasteiger partial charge in [-0.05, 0) is 86.8 Å². The summed E-state index contributed by atoms with van der Waals surface area (Å²) in [5.74, 6) is 0.389. The van der Waals surface area contributed by atoms with E-state index in [1.807, 2.05) is 31.2 Å². The van der Waals surface area contributed by atoms with Gasteiger partial charge in [0.05, 0.1) is 40.6 Å². The average Bonchev–Trinajstić information content (AvgIpc) is 3.06. The van der Waals surface area contributed by atoms with E-state index in [-0.39, 0.29) is 28.9 Å². The largest absolute Gasteiger partial charge is 0.494 e. The molecule has 0 amide bonds. The van der Waals surface area contributed by atoms with E-state index in [0.29, 0.717) is 18.0 Å². The van der Waals surface area contributed by atoms with Crippen molar-refractivity contribution in [1.29, 1.82) is 0 Å². The van der Waals surface area contributed by atoms with Crippen molar-refractivity contribution in [1.82, 2.24) is 0 Å². The number of azo groups is 1. The van der Waals surface area contributed by atoms with Crippen LogP contribution in [0, 0.1) is 10.1 Å². The number of esters is 1. The number of hydrogen-bond acceptors (Lipinski definition) is 8. The molecule has 0 fully saturated rings. The van der Waals surface area contributed by atoms with E-state index in [2.05, 4.69) is 24.1 Å². The molecule has 0 saturated heterocycles. The molecule has 0 heterocycles. The van der Waals surface area contributed by atoms with Gasteiger partial charge in [-0.15, -0.1) is 0 Å². The summed E-state index contributed by atoms with van der Waals surface area (Å²) in [7, 11) is 0. The molecule has 0 spiro atoms. The first-order valence-electron chi connectivity index (χ1n) is 16.8. The lowest BCUT2D eigenvalue weighted by molar-refractivity contribution is -0.386. The lowest BCUT2D eigenvalue weighted by Crippen LogP contribution is -2.13. The number of nitrogens with zero attached hydrogens (tertiary/aromatic N) is 3. The number of ether oxygens (including phenoxy) is 3. The zero-order valence-electron chi connectivity index (χ0n) is 27.6. The van der Waals surface area contributed by atoms with Crippen LogP contribution in [0.5, 0.6) is 17.2 Å². The first kappa shape index (κ1) is 36.2. The molecule has 0 unspecified atom stereocenters. The molecule has 248 valence electrons. The minimum Gasteiger partial charge on any atom is -0.494 e. The highest BCUT2D eigenvalue weighted by Crippen LogP contribution is 2.33. The van der Waals surface area contributed by atoms with Crippen LogP contribution in [0.15, 0.2) is 77.0 Å². The minimum atomic E-state index is -0.640. The van der Waals surface area contributed by atoms with Crippen molar-refractivity contribution in [3.63, 3.8) is 0 Å². The van der Waals surface area contributed by atoms with Crippen molar-refractivity contribution < 1.29 is 23.9 Å². The Morgan fingerprint density at radius 2 is 1.28 bits per heavy atom. The number of carbonyl (C=O) groups excluding carboxylic acids is 1. The summed E-state index contributed by atoms with van der Waals surface area (Å²) in [4.78, 5) is 23.9. The highest BCUT2D eigenvalue weighted by atomic mass is 16.6. The van der Waals surface area contributed by atoms with Crippen molar-refractivity contribution in [3.8, 4) is 17.2 Å². The van der Waals surface area contributed by atoms with Crippen LogP contribution in [0.25, 0.3) is 0 Å². The predicted molar refractivity (Wildman–Crippen MR) is 182 cm³/mol. The fourth-order valence-electron chi connectivity index (χ4n) is 4.92. The Labute approximate surface area is 273 Å². The first-order chi connectivity index (χ1) is 22.4. The molecular formula is C37H49N3O6. The number of benzene rings is 3. The molecule has 0 aromatic heterocycles. The molecule has 3 rings (SSSR count). The van der Waals surface area contributed by atoms with Crippen molar-refractivity contribution in [2.45, 2.75) is 110 Å². The molecule has 0 aliphatic rings. The monoisotopic (exact) mass is 631 g/mol. The SMILES string of the molecule is CCCCCCCCCCOc1ccc(N=Nc2ccc(C(=O)Oc3ccc(O[C@@H](C)CCCCCC)c([N+](=O)[O-])c3)cc2)cc1. The Bertz CT molecular complexity index is 1360. The molecule has 0 radical (unpaired) electrons. The lowest BCUT2D eigenvalue weighted by atomic mass is 10.1. The zero-order chi connectivity index (χ0) is 33.0. The number of unbranched alkanes of at least 4 members (excludes halogenated alkanes) is 10. The van der Waals surface area contributed by atoms with Gasteiger partial charge in [0.1, 0.15) is 11.5 Å². The standard InChI is InChI=1S/C37H49N3O6/c1-4-6-8-10-11-12-13-15-27-44-33-23-21-32(22-24-33)39-38-31-19-17-30(18-20-31)37(41)46-34-25-26-36(35(28-34)40(42)43)45-29(3)16-14-9-7-5-2/h17-26,28-29H,4-16,27H2,1-3H3/t29-/m0/s1. The smallest absolute Gasteiger partial charge is 0.343 e. The normalized spacial score (nSPS) is 11.8. The van der Waals surface area contributed by atoms with Gasteiger partial charge in [0.25, 0.3) is 0 Å². The Kier molecular flexibility index (Phi) is 16.3. The van der Waals surface area contributed by atoms with Crippen molar-refractivity contribution in [2.75, 3.05) is 6.61 Å². The second-order valence-electron chi connectivity index (χ2n) is 11.6. The Balaban J connectivity index is 1.46. The molecule has 0 aliphatic heterocycles. The van der Waals surface area contributed by atoms with Crippen LogP contribution in [0.3, 0.4) is 0 Å². The maximum Gasteiger partial charge on any atom is 0.343 e. The maximum atomic E-state index is 12.7. The van der Waals surface area contributed by atoms with Crippen molar-refractivity contribution >= 4 is 23.0 Å². The molecule has 9 nitrogen and oxygen atoms in total. The summed E-state index contributed by atoms with van der Waals surface area (Å²) < 4.78 is 17.1. The van der Waals surface area contributed by atoms with E-state index >= 15 is 0 Å². The second-order valence-corrected chi connectivity index (χ2v) is 11.6. The van der Waals surface area contributed by atoms with Gasteiger partial charge in [-0.3, -0.25) is 10.1 Å². The van der Waals surface area contributed by atoms with E-state index in [0.717, 1.165) is 44.3 Å². The maximum absolute atomic E-state index is 12.7. The average molecular weight is 632 g/mol. The molecule has 0 aliphatic carbocycles. The minimum absolute atomic E-state index is 0.0636. The molecule has 0 N–H and O–H groups in total. The fraction of sp³-hybridized carbons (Fsp3) is 0.486. The predicted octanol–water partition coefficient (Wildman–Crippen LogP) is 11.5. The Morgan fingerprint density at radius 1 is 0.739 bits per heavy atom. The van der Waals surface area contributed by atoms with Crippen molar-refractivity contribution in [3.05, 3.63) is 82.4 Å². The van der Waals surface area contributed by atoms with Crippen LogP contribution >= 0.6 is 0 Å². The number of nitro groups is 1.